The lowest BCUT2D eigenvalue weighted by Gasteiger charge is -2.41. The molecule has 2 bridgehead atoms. The largest absolute Gasteiger partial charge is 0.385 e. The highest BCUT2D eigenvalue weighted by Crippen LogP contribution is 2.43. The van der Waals surface area contributed by atoms with Crippen LogP contribution in [0.15, 0.2) is 79.0 Å². The Morgan fingerprint density at radius 2 is 1.25 bits per heavy atom. The van der Waals surface area contributed by atoms with Crippen LogP contribution in [-0.2, 0) is 98.7 Å². The van der Waals surface area contributed by atoms with Gasteiger partial charge in [0.15, 0.2) is 0 Å². The summed E-state index contributed by atoms with van der Waals surface area (Å²) >= 11 is 0. The molecule has 2 saturated heterocycles. The van der Waals surface area contributed by atoms with E-state index in [1.54, 1.807) is 43.1 Å². The number of hydrogen-bond donors (Lipinski definition) is 3. The van der Waals surface area contributed by atoms with E-state index in [-0.39, 0.29) is 103 Å². The molecule has 25 heteroatoms. The molecule has 3 aliphatic heterocycles. The minimum atomic E-state index is -0.941. The number of amides is 7. The predicted octanol–water partition coefficient (Wildman–Crippen LogP) is 7.13. The highest BCUT2D eigenvalue weighted by atomic mass is 16.6. The molecule has 1 aliphatic carbocycles. The van der Waals surface area contributed by atoms with Crippen molar-refractivity contribution in [1.82, 2.24) is 30.2 Å². The highest BCUT2D eigenvalue weighted by Gasteiger charge is 2.52. The van der Waals surface area contributed by atoms with Gasteiger partial charge in [0, 0.05) is 95.8 Å². The molecule has 0 radical (unpaired) electrons. The maximum atomic E-state index is 15.0. The second kappa shape index (κ2) is 46.3. The van der Waals surface area contributed by atoms with E-state index in [2.05, 4.69) is 22.5 Å². The summed E-state index contributed by atoms with van der Waals surface area (Å²) in [5, 5.41) is 9.54. The molecular formula is C77H119N7O18. The van der Waals surface area contributed by atoms with Gasteiger partial charge in [-0.15, -0.1) is 0 Å². The van der Waals surface area contributed by atoms with Gasteiger partial charge >= 0.3 is 0 Å². The molecule has 3 heterocycles. The summed E-state index contributed by atoms with van der Waals surface area (Å²) < 4.78 is 56.2. The van der Waals surface area contributed by atoms with Crippen LogP contribution in [0.4, 0.5) is 5.69 Å². The molecule has 3 N–H and O–H groups in total. The molecular weight excluding hydrogens is 1310 g/mol. The zero-order chi connectivity index (χ0) is 73.8. The Balaban J connectivity index is 0.948. The van der Waals surface area contributed by atoms with E-state index in [4.69, 9.17) is 47.4 Å². The standard InChI is InChI=1S/C77H119N7O18/c1-11-55(4)72(81(7)77(92)71(54(2)3)80-76(91)73-60-25-28-63(50-60)84(73)69(88)31-34-96-37-38-98-41-42-100-45-46-102-48-47-101-44-43-99-40-39-97-36-35-93-8)66(94-9)52-70(89)82-33-18-22-64(82)74(95-10)57(6)65(85)51-61(49-58-20-15-12-16-21-58)75(90)79-62-26-23-59(24-27-62)53-78-56(5)19-14-13-17-32-83-67(86)29-30-68(83)87/h12,15-16,20-21,23-24,26-27,29-30,54-55,57,60-61,63-64,66,71-74,78H,5,11,13-14,17-19,22,25,28,31-53H2,1-4,6-10H3,(H,79,90)(H,80,91)/t55-,57-,60-,61+,63-,64-,66+,71-,72-,73-,74+/m0/s1. The summed E-state index contributed by atoms with van der Waals surface area (Å²) in [5.74, 6) is -3.96. The van der Waals surface area contributed by atoms with E-state index in [1.165, 1.54) is 17.1 Å². The van der Waals surface area contributed by atoms with Crippen LogP contribution in [0, 0.1) is 29.6 Å². The summed E-state index contributed by atoms with van der Waals surface area (Å²) in [4.78, 5) is 117. The number of allylic oxidation sites excluding steroid dienone is 1. The quantitative estimate of drug-likeness (QED) is 0.0439. The lowest BCUT2D eigenvalue weighted by molar-refractivity contribution is -0.149. The Morgan fingerprint density at radius 3 is 1.80 bits per heavy atom. The number of fused-ring (bicyclic) bond motifs is 2. The molecule has 2 aromatic rings. The smallest absolute Gasteiger partial charge is 0.253 e. The van der Waals surface area contributed by atoms with E-state index in [1.807, 2.05) is 89.2 Å². The van der Waals surface area contributed by atoms with Crippen molar-refractivity contribution in [2.45, 2.75) is 173 Å². The molecule has 25 nitrogen and oxygen atoms in total. The second-order valence-corrected chi connectivity index (χ2v) is 27.5. The Morgan fingerprint density at radius 1 is 0.657 bits per heavy atom. The van der Waals surface area contributed by atoms with E-state index in [0.29, 0.717) is 143 Å². The predicted molar refractivity (Wildman–Crippen MR) is 386 cm³/mol. The van der Waals surface area contributed by atoms with Crippen LogP contribution in [-0.4, -0.2) is 250 Å². The topological polar surface area (TPSA) is 278 Å². The number of carbonyl (C=O) groups excluding carboxylic acids is 8. The summed E-state index contributed by atoms with van der Waals surface area (Å²) in [6.45, 7) is 21.5. The molecule has 0 unspecified atom stereocenters. The number of rotatable bonds is 54. The van der Waals surface area contributed by atoms with Crippen molar-refractivity contribution >= 4 is 52.8 Å². The average Bonchev–Trinajstić information content (AvgIpc) is 1.62. The average molecular weight is 1430 g/mol. The molecule has 11 atom stereocenters. The maximum absolute atomic E-state index is 15.0. The van der Waals surface area contributed by atoms with Gasteiger partial charge in [-0.25, -0.2) is 0 Å². The van der Waals surface area contributed by atoms with Gasteiger partial charge in [-0.2, -0.15) is 0 Å². The van der Waals surface area contributed by atoms with Gasteiger partial charge in [0.1, 0.15) is 17.9 Å². The Bertz CT molecular complexity index is 2900. The summed E-state index contributed by atoms with van der Waals surface area (Å²) in [6, 6.07) is 14.4. The van der Waals surface area contributed by atoms with Gasteiger partial charge in [-0.1, -0.05) is 96.5 Å². The number of unbranched alkanes of at least 4 members (excludes halogenated alkanes) is 2. The van der Waals surface area contributed by atoms with Crippen molar-refractivity contribution in [2.24, 2.45) is 29.6 Å². The molecule has 3 fully saturated rings. The normalized spacial score (nSPS) is 19.3. The van der Waals surface area contributed by atoms with Crippen molar-refractivity contribution in [1.29, 1.82) is 0 Å². The van der Waals surface area contributed by atoms with Crippen LogP contribution in [0.2, 0.25) is 0 Å². The maximum Gasteiger partial charge on any atom is 0.253 e. The number of piperidine rings is 1. The van der Waals surface area contributed by atoms with Crippen LogP contribution in [0.5, 0.6) is 0 Å². The zero-order valence-corrected chi connectivity index (χ0v) is 62.3. The number of imide groups is 1. The summed E-state index contributed by atoms with van der Waals surface area (Å²) in [5.41, 5.74) is 3.35. The molecule has 4 aliphatic rings. The van der Waals surface area contributed by atoms with Crippen LogP contribution in [0.3, 0.4) is 0 Å². The first-order valence-electron chi connectivity index (χ1n) is 37.0. The number of nitrogens with zero attached hydrogens (tertiary/aromatic N) is 4. The Kier molecular flexibility index (Phi) is 38.4. The number of anilines is 1. The van der Waals surface area contributed by atoms with Gasteiger partial charge < -0.3 is 78.0 Å². The van der Waals surface area contributed by atoms with E-state index in [0.717, 1.165) is 55.3 Å². The molecule has 2 aromatic carbocycles. The van der Waals surface area contributed by atoms with E-state index < -0.39 is 48.2 Å². The fourth-order valence-electron chi connectivity index (χ4n) is 14.1. The molecule has 102 heavy (non-hydrogen) atoms. The molecule has 570 valence electrons. The van der Waals surface area contributed by atoms with Crippen LogP contribution < -0.4 is 16.0 Å². The third kappa shape index (κ3) is 27.2. The minimum Gasteiger partial charge on any atom is -0.385 e. The van der Waals surface area contributed by atoms with Gasteiger partial charge in [0.2, 0.25) is 29.5 Å². The van der Waals surface area contributed by atoms with E-state index in [9.17, 15) is 38.4 Å². The number of likely N-dealkylation sites (N-methyl/N-ethyl adjacent to an activating group) is 1. The molecule has 6 rings (SSSR count). The van der Waals surface area contributed by atoms with Crippen molar-refractivity contribution in [3.63, 3.8) is 0 Å². The fourth-order valence-corrected chi connectivity index (χ4v) is 14.1. The zero-order valence-electron chi connectivity index (χ0n) is 62.3. The SMILES string of the molecule is C=C(CCCCCN1C(=O)C=CC1=O)NCc1ccc(NC(=O)[C@@H](CC(=O)[C@H](C)[C@@H](OC)[C@@H]2CCCN2C(=O)C[C@@H](OC)[C@H]([C@@H](C)CC)N(C)C(=O)[C@@H](NC(=O)[C@@H]2[C@H]3CC[C@@H](C3)N2C(=O)CCOCCOCCOCCOCCOCCOCCOCCOC)C(C)C)Cc2ccccc2)cc1. The molecule has 7 amide bonds. The molecule has 0 spiro atoms. The second-order valence-electron chi connectivity index (χ2n) is 27.5. The third-order valence-electron chi connectivity index (χ3n) is 20.0. The lowest BCUT2D eigenvalue weighted by atomic mass is 9.85. The van der Waals surface area contributed by atoms with Gasteiger partial charge in [0.25, 0.3) is 11.8 Å². The molecule has 1 saturated carbocycles. The van der Waals surface area contributed by atoms with Crippen LogP contribution in [0.25, 0.3) is 0 Å². The van der Waals surface area contributed by atoms with Crippen molar-refractivity contribution in [3.05, 3.63) is 90.2 Å². The number of ketones is 1. The number of Topliss-reactive ketones (excluding diaryl/α,β-unsaturated/α-hetero) is 1. The lowest BCUT2D eigenvalue weighted by Crippen LogP contribution is -2.60. The summed E-state index contributed by atoms with van der Waals surface area (Å²) in [6.07, 6.45) is 8.89. The molecule has 0 aromatic heterocycles. The first-order chi connectivity index (χ1) is 49.3. The van der Waals surface area contributed by atoms with Crippen molar-refractivity contribution in [2.75, 3.05) is 146 Å². The third-order valence-corrected chi connectivity index (χ3v) is 20.0. The number of methoxy groups -OCH3 is 3. The Hall–Kier alpha value is -6.52. The number of carbonyl (C=O) groups is 8. The number of hydrogen-bond acceptors (Lipinski definition) is 19. The highest BCUT2D eigenvalue weighted by molar-refractivity contribution is 6.12. The number of nitrogens with one attached hydrogen (secondary N) is 3. The first-order valence-corrected chi connectivity index (χ1v) is 37.0. The van der Waals surface area contributed by atoms with Crippen LogP contribution in [0.1, 0.15) is 129 Å². The summed E-state index contributed by atoms with van der Waals surface area (Å²) in [7, 11) is 6.43. The van der Waals surface area contributed by atoms with E-state index >= 15 is 0 Å². The van der Waals surface area contributed by atoms with Crippen molar-refractivity contribution < 1.29 is 85.7 Å². The van der Waals surface area contributed by atoms with Gasteiger partial charge in [0.05, 0.1) is 136 Å². The first kappa shape index (κ1) is 84.4. The monoisotopic (exact) mass is 1430 g/mol. The Labute approximate surface area is 605 Å². The van der Waals surface area contributed by atoms with Gasteiger partial charge in [-0.3, -0.25) is 43.3 Å². The number of ether oxygens (including phenoxy) is 10. The van der Waals surface area contributed by atoms with Crippen LogP contribution >= 0.6 is 0 Å². The van der Waals surface area contributed by atoms with Crippen molar-refractivity contribution in [3.8, 4) is 0 Å². The fraction of sp³-hybridized carbons (Fsp3) is 0.688. The minimum absolute atomic E-state index is 0.0365. The van der Waals surface area contributed by atoms with Gasteiger partial charge in [-0.05, 0) is 98.8 Å². The number of benzene rings is 2. The number of likely N-dealkylation sites (tertiary alicyclic amines) is 2.